The lowest BCUT2D eigenvalue weighted by Gasteiger charge is -2.25. The quantitative estimate of drug-likeness (QED) is 0.793. The third-order valence-corrected chi connectivity index (χ3v) is 5.38. The van der Waals surface area contributed by atoms with Crippen LogP contribution in [0.4, 0.5) is 10.9 Å². The Hall–Kier alpha value is -1.30. The Morgan fingerprint density at radius 1 is 1.33 bits per heavy atom. The van der Waals surface area contributed by atoms with Gasteiger partial charge in [-0.2, -0.15) is 0 Å². The molecule has 1 amide bonds. The van der Waals surface area contributed by atoms with E-state index in [-0.39, 0.29) is 5.91 Å². The summed E-state index contributed by atoms with van der Waals surface area (Å²) >= 11 is 1.43. The lowest BCUT2D eigenvalue weighted by Crippen LogP contribution is -2.29. The van der Waals surface area contributed by atoms with Gasteiger partial charge >= 0.3 is 0 Å². The van der Waals surface area contributed by atoms with E-state index in [0.717, 1.165) is 37.1 Å². The Balaban J connectivity index is 1.53. The Morgan fingerprint density at radius 2 is 2.10 bits per heavy atom. The molecule has 3 rings (SSSR count). The van der Waals surface area contributed by atoms with Crippen LogP contribution in [0.15, 0.2) is 0 Å². The number of thiazole rings is 1. The number of carbonyl (C=O) groups excluding carboxylic acids is 1. The van der Waals surface area contributed by atoms with Crippen molar-refractivity contribution in [3.63, 3.8) is 0 Å². The number of carbonyl (C=O) groups is 1. The zero-order valence-electron chi connectivity index (χ0n) is 12.4. The molecule has 3 N–H and O–H groups in total. The molecule has 2 aliphatic rings. The average molecular weight is 308 g/mol. The zero-order chi connectivity index (χ0) is 14.7. The van der Waals surface area contributed by atoms with Crippen LogP contribution in [0.2, 0.25) is 0 Å². The van der Waals surface area contributed by atoms with Crippen LogP contribution in [0.3, 0.4) is 0 Å². The lowest BCUT2D eigenvalue weighted by atomic mass is 10.1. The number of rotatable bonds is 6. The largest absolute Gasteiger partial charge is 0.382 e. The molecule has 1 aliphatic carbocycles. The molecule has 0 spiro atoms. The number of nitrogen functional groups attached to an aromatic ring is 1. The molecule has 1 saturated carbocycles. The number of hydrogen-bond donors (Lipinski definition) is 2. The van der Waals surface area contributed by atoms with Crippen molar-refractivity contribution in [2.24, 2.45) is 5.92 Å². The van der Waals surface area contributed by atoms with Crippen LogP contribution in [0.25, 0.3) is 0 Å². The maximum absolute atomic E-state index is 12.2. The highest BCUT2D eigenvalue weighted by atomic mass is 32.1. The van der Waals surface area contributed by atoms with Crippen molar-refractivity contribution >= 4 is 28.2 Å². The van der Waals surface area contributed by atoms with Gasteiger partial charge in [-0.3, -0.25) is 4.79 Å². The average Bonchev–Trinajstić information content (AvgIpc) is 3.25. The van der Waals surface area contributed by atoms with Gasteiger partial charge in [0.2, 0.25) is 0 Å². The molecule has 2 heterocycles. The summed E-state index contributed by atoms with van der Waals surface area (Å²) in [6, 6.07) is 0. The number of nitrogens with zero attached hydrogens (tertiary/aromatic N) is 2. The topological polar surface area (TPSA) is 71.2 Å². The summed E-state index contributed by atoms with van der Waals surface area (Å²) in [5, 5.41) is 3.87. The summed E-state index contributed by atoms with van der Waals surface area (Å²) in [7, 11) is 0. The van der Waals surface area contributed by atoms with Gasteiger partial charge in [-0.15, -0.1) is 0 Å². The van der Waals surface area contributed by atoms with Gasteiger partial charge in [0.25, 0.3) is 5.91 Å². The Kier molecular flexibility index (Phi) is 4.63. The summed E-state index contributed by atoms with van der Waals surface area (Å²) in [5.74, 6) is 1.23. The molecule has 1 aromatic heterocycles. The Morgan fingerprint density at radius 3 is 2.81 bits per heavy atom. The van der Waals surface area contributed by atoms with Crippen molar-refractivity contribution in [3.05, 3.63) is 4.88 Å². The van der Waals surface area contributed by atoms with Crippen molar-refractivity contribution < 1.29 is 4.79 Å². The summed E-state index contributed by atoms with van der Waals surface area (Å²) in [4.78, 5) is 19.4. The molecule has 1 aromatic rings. The maximum Gasteiger partial charge on any atom is 0.265 e. The minimum Gasteiger partial charge on any atom is -0.382 e. The molecule has 0 bridgehead atoms. The lowest BCUT2D eigenvalue weighted by molar-refractivity contribution is 0.0957. The molecular weight excluding hydrogens is 284 g/mol. The highest BCUT2D eigenvalue weighted by molar-refractivity contribution is 7.18. The first-order valence-corrected chi connectivity index (χ1v) is 8.85. The fourth-order valence-electron chi connectivity index (χ4n) is 2.78. The second kappa shape index (κ2) is 6.64. The van der Waals surface area contributed by atoms with E-state index in [9.17, 15) is 4.79 Å². The van der Waals surface area contributed by atoms with Crippen LogP contribution in [-0.4, -0.2) is 30.5 Å². The second-order valence-electron chi connectivity index (χ2n) is 6.10. The zero-order valence-corrected chi connectivity index (χ0v) is 13.3. The normalized spacial score (nSPS) is 18.8. The smallest absolute Gasteiger partial charge is 0.265 e. The fourth-order valence-corrected chi connectivity index (χ4v) is 3.74. The number of nitrogens with two attached hydrogens (primary N) is 1. The third kappa shape index (κ3) is 3.87. The Labute approximate surface area is 129 Å². The molecule has 2 fully saturated rings. The van der Waals surface area contributed by atoms with Crippen LogP contribution in [0.5, 0.6) is 0 Å². The fraction of sp³-hybridized carbons (Fsp3) is 0.733. The number of piperidine rings is 1. The second-order valence-corrected chi connectivity index (χ2v) is 7.08. The van der Waals surface area contributed by atoms with Crippen molar-refractivity contribution in [2.75, 3.05) is 30.3 Å². The van der Waals surface area contributed by atoms with Gasteiger partial charge in [0, 0.05) is 19.6 Å². The minimum absolute atomic E-state index is 0.0657. The summed E-state index contributed by atoms with van der Waals surface area (Å²) < 4.78 is 0. The van der Waals surface area contributed by atoms with E-state index in [1.165, 1.54) is 49.9 Å². The van der Waals surface area contributed by atoms with E-state index in [1.54, 1.807) is 0 Å². The van der Waals surface area contributed by atoms with E-state index in [2.05, 4.69) is 15.2 Å². The third-order valence-electron chi connectivity index (χ3n) is 4.25. The Bertz CT molecular complexity index is 492. The maximum atomic E-state index is 12.2. The van der Waals surface area contributed by atoms with E-state index in [0.29, 0.717) is 10.7 Å². The van der Waals surface area contributed by atoms with E-state index in [1.807, 2.05) is 0 Å². The first-order valence-electron chi connectivity index (χ1n) is 8.03. The van der Waals surface area contributed by atoms with E-state index >= 15 is 0 Å². The molecule has 0 atom stereocenters. The predicted molar refractivity (Wildman–Crippen MR) is 86.9 cm³/mol. The summed E-state index contributed by atoms with van der Waals surface area (Å²) in [5.41, 5.74) is 5.92. The monoisotopic (exact) mass is 308 g/mol. The molecular formula is C15H24N4OS. The molecule has 0 radical (unpaired) electrons. The van der Waals surface area contributed by atoms with Crippen LogP contribution in [0, 0.1) is 5.92 Å². The van der Waals surface area contributed by atoms with Gasteiger partial charge in [0.15, 0.2) is 5.13 Å². The van der Waals surface area contributed by atoms with Gasteiger partial charge in [-0.05, 0) is 38.0 Å². The SMILES string of the molecule is Nc1nc(N2CCCCC2)sc1C(=O)NCCCC1CC1. The number of aromatic nitrogens is 1. The molecule has 21 heavy (non-hydrogen) atoms. The van der Waals surface area contributed by atoms with Crippen LogP contribution >= 0.6 is 11.3 Å². The number of nitrogens with one attached hydrogen (secondary N) is 1. The van der Waals surface area contributed by atoms with Crippen molar-refractivity contribution in [3.8, 4) is 0 Å². The van der Waals surface area contributed by atoms with Gasteiger partial charge in [0.05, 0.1) is 0 Å². The number of hydrogen-bond acceptors (Lipinski definition) is 5. The predicted octanol–water partition coefficient (Wildman–Crippen LogP) is 2.64. The summed E-state index contributed by atoms with van der Waals surface area (Å²) in [6.07, 6.45) is 8.71. The van der Waals surface area contributed by atoms with Crippen LogP contribution in [-0.2, 0) is 0 Å². The van der Waals surface area contributed by atoms with Gasteiger partial charge in [0.1, 0.15) is 10.7 Å². The van der Waals surface area contributed by atoms with E-state index < -0.39 is 0 Å². The molecule has 1 saturated heterocycles. The molecule has 0 unspecified atom stereocenters. The number of anilines is 2. The molecule has 116 valence electrons. The van der Waals surface area contributed by atoms with Crippen molar-refractivity contribution in [1.82, 2.24) is 10.3 Å². The standard InChI is InChI=1S/C15H24N4OS/c16-13-12(14(20)17-8-4-5-11-6-7-11)21-15(18-13)19-9-2-1-3-10-19/h11H,1-10,16H2,(H,17,20). The van der Waals surface area contributed by atoms with Gasteiger partial charge in [-0.25, -0.2) is 4.98 Å². The van der Waals surface area contributed by atoms with Crippen LogP contribution < -0.4 is 16.0 Å². The van der Waals surface area contributed by atoms with Gasteiger partial charge in [-0.1, -0.05) is 24.2 Å². The van der Waals surface area contributed by atoms with Crippen molar-refractivity contribution in [2.45, 2.75) is 44.9 Å². The summed E-state index contributed by atoms with van der Waals surface area (Å²) in [6.45, 7) is 2.79. The minimum atomic E-state index is -0.0657. The van der Waals surface area contributed by atoms with E-state index in [4.69, 9.17) is 5.73 Å². The van der Waals surface area contributed by atoms with Crippen LogP contribution in [0.1, 0.15) is 54.6 Å². The highest BCUT2D eigenvalue weighted by Crippen LogP contribution is 2.33. The molecule has 5 nitrogen and oxygen atoms in total. The first-order chi connectivity index (χ1) is 10.2. The number of amides is 1. The van der Waals surface area contributed by atoms with Crippen molar-refractivity contribution in [1.29, 1.82) is 0 Å². The highest BCUT2D eigenvalue weighted by Gasteiger charge is 2.22. The molecule has 6 heteroatoms. The molecule has 0 aromatic carbocycles. The van der Waals surface area contributed by atoms with Gasteiger partial charge < -0.3 is 16.0 Å². The first kappa shape index (κ1) is 14.6. The molecule has 1 aliphatic heterocycles.